The summed E-state index contributed by atoms with van der Waals surface area (Å²) in [5.41, 5.74) is 0.980. The lowest BCUT2D eigenvalue weighted by Gasteiger charge is -2.42. The molecule has 3 atom stereocenters. The number of aromatic nitrogens is 2. The summed E-state index contributed by atoms with van der Waals surface area (Å²) in [6.07, 6.45) is 2.74. The van der Waals surface area contributed by atoms with E-state index in [1.165, 1.54) is 16.8 Å². The zero-order chi connectivity index (χ0) is 16.6. The van der Waals surface area contributed by atoms with Gasteiger partial charge in [0.1, 0.15) is 0 Å². The van der Waals surface area contributed by atoms with Gasteiger partial charge in [-0.25, -0.2) is 13.4 Å². The van der Waals surface area contributed by atoms with Crippen molar-refractivity contribution in [2.75, 3.05) is 6.61 Å². The van der Waals surface area contributed by atoms with Crippen molar-refractivity contribution < 1.29 is 13.2 Å². The number of hydrogen-bond donors (Lipinski definition) is 0. The molecule has 0 N–H and O–H groups in total. The first-order valence-electron chi connectivity index (χ1n) is 7.59. The lowest BCUT2D eigenvalue weighted by Crippen LogP contribution is -2.53. The van der Waals surface area contributed by atoms with Gasteiger partial charge in [-0.15, -0.1) is 0 Å². The molecule has 23 heavy (non-hydrogen) atoms. The molecular formula is C16H21N3O3S. The van der Waals surface area contributed by atoms with Crippen LogP contribution in [0.4, 0.5) is 0 Å². The minimum absolute atomic E-state index is 0.0763. The first kappa shape index (κ1) is 16.2. The predicted octanol–water partition coefficient (Wildman–Crippen LogP) is 1.96. The normalized spacial score (nSPS) is 26.3. The van der Waals surface area contributed by atoms with Gasteiger partial charge in [0.25, 0.3) is 10.0 Å². The van der Waals surface area contributed by atoms with Gasteiger partial charge in [0.2, 0.25) is 0 Å². The molecule has 2 heterocycles. The number of nitrogens with zero attached hydrogens (tertiary/aromatic N) is 3. The molecule has 0 radical (unpaired) electrons. The monoisotopic (exact) mass is 335 g/mol. The predicted molar refractivity (Wildman–Crippen MR) is 86.3 cm³/mol. The van der Waals surface area contributed by atoms with Crippen LogP contribution >= 0.6 is 0 Å². The van der Waals surface area contributed by atoms with E-state index in [0.717, 1.165) is 5.56 Å². The highest BCUT2D eigenvalue weighted by atomic mass is 32.2. The first-order chi connectivity index (χ1) is 10.9. The highest BCUT2D eigenvalue weighted by Gasteiger charge is 2.42. The van der Waals surface area contributed by atoms with Crippen LogP contribution in [0.1, 0.15) is 25.5 Å². The average molecular weight is 335 g/mol. The van der Waals surface area contributed by atoms with Crippen LogP contribution in [-0.4, -0.2) is 41.0 Å². The van der Waals surface area contributed by atoms with Crippen LogP contribution in [0.2, 0.25) is 0 Å². The molecule has 6 nitrogen and oxygen atoms in total. The van der Waals surface area contributed by atoms with E-state index in [1.54, 1.807) is 11.6 Å². The summed E-state index contributed by atoms with van der Waals surface area (Å²) in [5.74, 6) is 0. The van der Waals surface area contributed by atoms with Crippen molar-refractivity contribution in [3.8, 4) is 0 Å². The van der Waals surface area contributed by atoms with Crippen molar-refractivity contribution >= 4 is 10.0 Å². The van der Waals surface area contributed by atoms with Gasteiger partial charge < -0.3 is 9.30 Å². The molecule has 0 spiro atoms. The van der Waals surface area contributed by atoms with Gasteiger partial charge in [-0.1, -0.05) is 30.3 Å². The maximum absolute atomic E-state index is 13.0. The van der Waals surface area contributed by atoms with Gasteiger partial charge in [0, 0.05) is 19.3 Å². The summed E-state index contributed by atoms with van der Waals surface area (Å²) in [7, 11) is -1.90. The average Bonchev–Trinajstić information content (AvgIpc) is 2.95. The van der Waals surface area contributed by atoms with E-state index in [2.05, 4.69) is 4.98 Å². The number of hydrogen-bond acceptors (Lipinski definition) is 4. The Morgan fingerprint density at radius 1 is 1.22 bits per heavy atom. The summed E-state index contributed by atoms with van der Waals surface area (Å²) in [6, 6.07) is 9.17. The van der Waals surface area contributed by atoms with Crippen molar-refractivity contribution in [1.82, 2.24) is 13.9 Å². The third-order valence-electron chi connectivity index (χ3n) is 4.14. The lowest BCUT2D eigenvalue weighted by atomic mass is 10.0. The zero-order valence-corrected chi connectivity index (χ0v) is 14.3. The lowest BCUT2D eigenvalue weighted by molar-refractivity contribution is -0.0618. The number of sulfonamides is 1. The number of ether oxygens (including phenoxy) is 1. The summed E-state index contributed by atoms with van der Waals surface area (Å²) >= 11 is 0. The van der Waals surface area contributed by atoms with Gasteiger partial charge >= 0.3 is 0 Å². The van der Waals surface area contributed by atoms with E-state index in [9.17, 15) is 8.42 Å². The minimum atomic E-state index is -3.66. The van der Waals surface area contributed by atoms with Crippen molar-refractivity contribution in [3.63, 3.8) is 0 Å². The van der Waals surface area contributed by atoms with Crippen LogP contribution in [0.15, 0.2) is 47.9 Å². The van der Waals surface area contributed by atoms with E-state index in [0.29, 0.717) is 6.61 Å². The van der Waals surface area contributed by atoms with E-state index >= 15 is 0 Å². The third-order valence-corrected chi connectivity index (χ3v) is 6.13. The Kier molecular flexibility index (Phi) is 4.27. The van der Waals surface area contributed by atoms with Gasteiger partial charge in [-0.05, 0) is 19.4 Å². The zero-order valence-electron chi connectivity index (χ0n) is 13.5. The van der Waals surface area contributed by atoms with Crippen molar-refractivity contribution in [2.45, 2.75) is 37.1 Å². The fourth-order valence-corrected chi connectivity index (χ4v) is 4.87. The molecule has 0 saturated carbocycles. The summed E-state index contributed by atoms with van der Waals surface area (Å²) < 4.78 is 35.1. The number of morpholine rings is 1. The van der Waals surface area contributed by atoms with Crippen molar-refractivity contribution in [2.24, 2.45) is 7.05 Å². The molecule has 1 saturated heterocycles. The Bertz CT molecular complexity index is 773. The fraction of sp³-hybridized carbons (Fsp3) is 0.438. The largest absolute Gasteiger partial charge is 0.370 e. The maximum Gasteiger partial charge on any atom is 0.262 e. The first-order valence-corrected chi connectivity index (χ1v) is 9.03. The van der Waals surface area contributed by atoms with Crippen LogP contribution < -0.4 is 0 Å². The second-order valence-corrected chi connectivity index (χ2v) is 7.76. The Balaban J connectivity index is 1.97. The molecule has 1 aliphatic rings. The minimum Gasteiger partial charge on any atom is -0.370 e. The molecule has 1 aliphatic heterocycles. The van der Waals surface area contributed by atoms with Gasteiger partial charge in [-0.2, -0.15) is 4.31 Å². The number of imidazole rings is 1. The molecule has 0 amide bonds. The molecular weight excluding hydrogens is 314 g/mol. The summed E-state index contributed by atoms with van der Waals surface area (Å²) in [5, 5.41) is 0.0763. The molecule has 1 aromatic heterocycles. The molecule has 124 valence electrons. The Morgan fingerprint density at radius 3 is 2.52 bits per heavy atom. The van der Waals surface area contributed by atoms with Gasteiger partial charge in [-0.3, -0.25) is 0 Å². The van der Waals surface area contributed by atoms with E-state index < -0.39 is 10.0 Å². The van der Waals surface area contributed by atoms with Crippen molar-refractivity contribution in [3.05, 3.63) is 48.4 Å². The Labute approximate surface area is 136 Å². The number of aryl methyl sites for hydroxylation is 1. The Morgan fingerprint density at radius 2 is 1.91 bits per heavy atom. The highest BCUT2D eigenvalue weighted by Crippen LogP contribution is 2.34. The summed E-state index contributed by atoms with van der Waals surface area (Å²) in [6.45, 7) is 4.10. The highest BCUT2D eigenvalue weighted by molar-refractivity contribution is 7.89. The molecule has 1 aromatic carbocycles. The van der Waals surface area contributed by atoms with E-state index in [-0.39, 0.29) is 23.2 Å². The quantitative estimate of drug-likeness (QED) is 0.860. The van der Waals surface area contributed by atoms with E-state index in [4.69, 9.17) is 4.74 Å². The Hall–Kier alpha value is -1.70. The number of rotatable bonds is 3. The van der Waals surface area contributed by atoms with Crippen molar-refractivity contribution in [1.29, 1.82) is 0 Å². The van der Waals surface area contributed by atoms with Crippen LogP contribution in [0.3, 0.4) is 0 Å². The van der Waals surface area contributed by atoms with Gasteiger partial charge in [0.05, 0.1) is 25.1 Å². The molecule has 0 bridgehead atoms. The molecule has 7 heteroatoms. The van der Waals surface area contributed by atoms with E-state index in [1.807, 2.05) is 44.2 Å². The fourth-order valence-electron chi connectivity index (χ4n) is 3.09. The molecule has 0 aliphatic carbocycles. The second-order valence-electron chi connectivity index (χ2n) is 5.97. The molecule has 1 fully saturated rings. The van der Waals surface area contributed by atoms with Crippen LogP contribution in [-0.2, 0) is 21.8 Å². The van der Waals surface area contributed by atoms with Crippen LogP contribution in [0.25, 0.3) is 0 Å². The standard InChI is InChI=1S/C16H21N3O3S/c1-12-10-22-16(14-7-5-4-6-8-14)13(2)19(12)23(20,21)15-9-18(3)11-17-15/h4-9,11-13,16H,10H2,1-3H3. The second kappa shape index (κ2) is 6.07. The van der Waals surface area contributed by atoms with Gasteiger partial charge in [0.15, 0.2) is 5.03 Å². The third kappa shape index (κ3) is 2.91. The summed E-state index contributed by atoms with van der Waals surface area (Å²) in [4.78, 5) is 4.02. The molecule has 3 rings (SSSR count). The smallest absolute Gasteiger partial charge is 0.262 e. The van der Waals surface area contributed by atoms with Crippen LogP contribution in [0.5, 0.6) is 0 Å². The van der Waals surface area contributed by atoms with Crippen LogP contribution in [0, 0.1) is 0 Å². The molecule has 3 unspecified atom stereocenters. The maximum atomic E-state index is 13.0. The molecule has 2 aromatic rings. The number of benzene rings is 1. The SMILES string of the molecule is CC1COC(c2ccccc2)C(C)N1S(=O)(=O)c1cn(C)cn1. The topological polar surface area (TPSA) is 64.4 Å².